The summed E-state index contributed by atoms with van der Waals surface area (Å²) < 4.78 is 5.13. The molecule has 1 aromatic rings. The molecule has 0 aliphatic carbocycles. The fourth-order valence-electron chi connectivity index (χ4n) is 4.35. The van der Waals surface area contributed by atoms with Crippen molar-refractivity contribution in [3.05, 3.63) is 24.2 Å². The third-order valence-corrected chi connectivity index (χ3v) is 5.83. The van der Waals surface area contributed by atoms with Gasteiger partial charge in [-0.15, -0.1) is 0 Å². The molecule has 3 rings (SSSR count). The highest BCUT2D eigenvalue weighted by molar-refractivity contribution is 5.82. The lowest BCUT2D eigenvalue weighted by Gasteiger charge is -2.37. The summed E-state index contributed by atoms with van der Waals surface area (Å²) in [5, 5.41) is 0. The predicted octanol–water partition coefficient (Wildman–Crippen LogP) is 2.43. The molecule has 0 N–H and O–H groups in total. The Bertz CT molecular complexity index is 535. The van der Waals surface area contributed by atoms with Crippen LogP contribution in [-0.2, 0) is 11.3 Å². The molecule has 5 heteroatoms. The van der Waals surface area contributed by atoms with Gasteiger partial charge < -0.3 is 14.2 Å². The van der Waals surface area contributed by atoms with E-state index in [1.807, 2.05) is 18.0 Å². The van der Waals surface area contributed by atoms with E-state index in [0.29, 0.717) is 12.0 Å². The Hall–Kier alpha value is -1.33. The van der Waals surface area contributed by atoms with E-state index < -0.39 is 0 Å². The lowest BCUT2D eigenvalue weighted by atomic mass is 9.76. The molecule has 24 heavy (non-hydrogen) atoms. The zero-order chi connectivity index (χ0) is 17.2. The van der Waals surface area contributed by atoms with Gasteiger partial charge in [-0.2, -0.15) is 0 Å². The Morgan fingerprint density at radius 3 is 2.79 bits per heavy atom. The molecule has 3 heterocycles. The molecule has 2 fully saturated rings. The Kier molecular flexibility index (Phi) is 5.30. The minimum atomic E-state index is 0.0465. The van der Waals surface area contributed by atoms with Crippen molar-refractivity contribution in [1.82, 2.24) is 14.7 Å². The van der Waals surface area contributed by atoms with Gasteiger partial charge in [0.2, 0.25) is 5.91 Å². The van der Waals surface area contributed by atoms with Gasteiger partial charge in [0.15, 0.2) is 0 Å². The minimum Gasteiger partial charge on any atom is -0.472 e. The highest BCUT2D eigenvalue weighted by Gasteiger charge is 2.47. The Labute approximate surface area is 145 Å². The summed E-state index contributed by atoms with van der Waals surface area (Å²) in [6.45, 7) is 7.26. The van der Waals surface area contributed by atoms with E-state index in [4.69, 9.17) is 4.42 Å². The van der Waals surface area contributed by atoms with E-state index in [2.05, 4.69) is 23.8 Å². The highest BCUT2D eigenvalue weighted by Crippen LogP contribution is 2.43. The molecule has 2 saturated heterocycles. The number of rotatable bonds is 5. The van der Waals surface area contributed by atoms with Gasteiger partial charge in [-0.3, -0.25) is 9.69 Å². The van der Waals surface area contributed by atoms with Crippen LogP contribution in [0.2, 0.25) is 0 Å². The Morgan fingerprint density at radius 1 is 1.42 bits per heavy atom. The molecule has 2 aliphatic heterocycles. The molecule has 1 aromatic heterocycles. The topological polar surface area (TPSA) is 39.9 Å². The second-order valence-electron chi connectivity index (χ2n) is 7.82. The number of nitrogens with zero attached hydrogens (tertiary/aromatic N) is 3. The van der Waals surface area contributed by atoms with Crippen LogP contribution in [0.3, 0.4) is 0 Å². The van der Waals surface area contributed by atoms with Crippen LogP contribution in [0.4, 0.5) is 0 Å². The standard InChI is InChI=1S/C19H31N3O2/c1-4-8-22-15-19(6-9-20(2)10-7-19)12-17(22)18(23)21(3)13-16-5-11-24-14-16/h5,11,14,17H,4,6-10,12-13,15H2,1-3H3. The molecule has 134 valence electrons. The van der Waals surface area contributed by atoms with E-state index in [1.54, 1.807) is 12.5 Å². The molecule has 0 aromatic carbocycles. The molecule has 0 radical (unpaired) electrons. The van der Waals surface area contributed by atoms with Crippen LogP contribution >= 0.6 is 0 Å². The first-order valence-corrected chi connectivity index (χ1v) is 9.22. The van der Waals surface area contributed by atoms with Crippen LogP contribution in [0, 0.1) is 5.41 Å². The van der Waals surface area contributed by atoms with Crippen molar-refractivity contribution >= 4 is 5.91 Å². The van der Waals surface area contributed by atoms with E-state index >= 15 is 0 Å². The molecule has 1 amide bonds. The molecular formula is C19H31N3O2. The molecule has 5 nitrogen and oxygen atoms in total. The fraction of sp³-hybridized carbons (Fsp3) is 0.737. The number of carbonyl (C=O) groups excluding carboxylic acids is 1. The lowest BCUT2D eigenvalue weighted by Crippen LogP contribution is -2.44. The van der Waals surface area contributed by atoms with Crippen molar-refractivity contribution in [2.24, 2.45) is 5.41 Å². The number of furan rings is 1. The molecule has 2 aliphatic rings. The van der Waals surface area contributed by atoms with E-state index in [9.17, 15) is 4.79 Å². The van der Waals surface area contributed by atoms with Crippen molar-refractivity contribution in [2.45, 2.75) is 45.2 Å². The molecule has 1 spiro atoms. The van der Waals surface area contributed by atoms with Crippen molar-refractivity contribution in [2.75, 3.05) is 40.3 Å². The lowest BCUT2D eigenvalue weighted by molar-refractivity contribution is -0.135. The summed E-state index contributed by atoms with van der Waals surface area (Å²) in [4.78, 5) is 19.8. The molecule has 1 unspecified atom stereocenters. The number of carbonyl (C=O) groups is 1. The summed E-state index contributed by atoms with van der Waals surface area (Å²) in [5.41, 5.74) is 1.40. The molecule has 0 bridgehead atoms. The molecule has 1 atom stereocenters. The Morgan fingerprint density at radius 2 is 2.17 bits per heavy atom. The number of likely N-dealkylation sites (N-methyl/N-ethyl adjacent to an activating group) is 1. The van der Waals surface area contributed by atoms with Gasteiger partial charge >= 0.3 is 0 Å². The van der Waals surface area contributed by atoms with Gasteiger partial charge in [0.1, 0.15) is 0 Å². The van der Waals surface area contributed by atoms with E-state index in [-0.39, 0.29) is 11.9 Å². The van der Waals surface area contributed by atoms with Crippen molar-refractivity contribution in [1.29, 1.82) is 0 Å². The van der Waals surface area contributed by atoms with Crippen LogP contribution in [-0.4, -0.2) is 66.9 Å². The maximum absolute atomic E-state index is 13.1. The number of amides is 1. The number of hydrogen-bond donors (Lipinski definition) is 0. The third-order valence-electron chi connectivity index (χ3n) is 5.83. The highest BCUT2D eigenvalue weighted by atomic mass is 16.3. The number of hydrogen-bond acceptors (Lipinski definition) is 4. The quantitative estimate of drug-likeness (QED) is 0.830. The minimum absolute atomic E-state index is 0.0465. The fourth-order valence-corrected chi connectivity index (χ4v) is 4.35. The van der Waals surface area contributed by atoms with Crippen LogP contribution in [0.25, 0.3) is 0 Å². The average Bonchev–Trinajstić information content (AvgIpc) is 3.19. The van der Waals surface area contributed by atoms with Gasteiger partial charge in [-0.05, 0) is 63.8 Å². The van der Waals surface area contributed by atoms with E-state index in [0.717, 1.165) is 44.6 Å². The SMILES string of the molecule is CCCN1CC2(CCN(C)CC2)CC1C(=O)N(C)Cc1ccoc1. The molecule has 0 saturated carbocycles. The largest absolute Gasteiger partial charge is 0.472 e. The maximum atomic E-state index is 13.1. The van der Waals surface area contributed by atoms with Crippen molar-refractivity contribution in [3.8, 4) is 0 Å². The number of likely N-dealkylation sites (tertiary alicyclic amines) is 2. The van der Waals surface area contributed by atoms with Gasteiger partial charge in [0, 0.05) is 25.7 Å². The summed E-state index contributed by atoms with van der Waals surface area (Å²) in [6, 6.07) is 1.98. The summed E-state index contributed by atoms with van der Waals surface area (Å²) >= 11 is 0. The average molecular weight is 333 g/mol. The first kappa shape index (κ1) is 17.5. The van der Waals surface area contributed by atoms with Crippen molar-refractivity contribution in [3.63, 3.8) is 0 Å². The van der Waals surface area contributed by atoms with Gasteiger partial charge in [-0.25, -0.2) is 0 Å². The van der Waals surface area contributed by atoms with Gasteiger partial charge in [-0.1, -0.05) is 6.92 Å². The maximum Gasteiger partial charge on any atom is 0.239 e. The predicted molar refractivity (Wildman–Crippen MR) is 94.6 cm³/mol. The van der Waals surface area contributed by atoms with Crippen LogP contribution in [0.15, 0.2) is 23.0 Å². The van der Waals surface area contributed by atoms with Crippen molar-refractivity contribution < 1.29 is 9.21 Å². The smallest absolute Gasteiger partial charge is 0.239 e. The summed E-state index contributed by atoms with van der Waals surface area (Å²) in [6.07, 6.45) is 7.96. The summed E-state index contributed by atoms with van der Waals surface area (Å²) in [7, 11) is 4.12. The number of piperidine rings is 1. The van der Waals surface area contributed by atoms with Gasteiger partial charge in [0.25, 0.3) is 0 Å². The first-order valence-electron chi connectivity index (χ1n) is 9.22. The second-order valence-corrected chi connectivity index (χ2v) is 7.82. The first-order chi connectivity index (χ1) is 11.5. The van der Waals surface area contributed by atoms with Crippen LogP contribution < -0.4 is 0 Å². The second kappa shape index (κ2) is 7.28. The monoisotopic (exact) mass is 333 g/mol. The van der Waals surface area contributed by atoms with Crippen LogP contribution in [0.1, 0.15) is 38.2 Å². The summed E-state index contributed by atoms with van der Waals surface area (Å²) in [5.74, 6) is 0.264. The van der Waals surface area contributed by atoms with Crippen LogP contribution in [0.5, 0.6) is 0 Å². The third kappa shape index (κ3) is 3.67. The van der Waals surface area contributed by atoms with E-state index in [1.165, 1.54) is 12.8 Å². The zero-order valence-electron chi connectivity index (χ0n) is 15.3. The Balaban J connectivity index is 1.68. The normalized spacial score (nSPS) is 24.5. The van der Waals surface area contributed by atoms with Gasteiger partial charge in [0.05, 0.1) is 18.6 Å². The molecular weight excluding hydrogens is 302 g/mol. The zero-order valence-corrected chi connectivity index (χ0v) is 15.3.